The summed E-state index contributed by atoms with van der Waals surface area (Å²) in [7, 11) is 0. The third-order valence-corrected chi connectivity index (χ3v) is 3.89. The van der Waals surface area contributed by atoms with E-state index in [4.69, 9.17) is 14.2 Å². The lowest BCUT2D eigenvalue weighted by Gasteiger charge is -2.11. The van der Waals surface area contributed by atoms with Crippen LogP contribution in [0.4, 0.5) is 0 Å². The Kier molecular flexibility index (Phi) is 5.37. The Morgan fingerprint density at radius 1 is 1.04 bits per heavy atom. The maximum atomic E-state index is 12.2. The summed E-state index contributed by atoms with van der Waals surface area (Å²) in [6, 6.07) is 13.2. The number of esters is 1. The molecule has 0 aromatic heterocycles. The summed E-state index contributed by atoms with van der Waals surface area (Å²) in [6.45, 7) is 6.85. The number of nitrogens with zero attached hydrogens (tertiary/aromatic N) is 1. The highest BCUT2D eigenvalue weighted by Gasteiger charge is 2.25. The number of rotatable bonds is 6. The molecule has 5 nitrogen and oxygen atoms in total. The number of carbonyl (C=O) groups is 1. The maximum absolute atomic E-state index is 12.2. The van der Waals surface area contributed by atoms with Gasteiger partial charge in [-0.05, 0) is 56.2 Å². The number of cyclic esters (lactones) is 1. The van der Waals surface area contributed by atoms with Crippen molar-refractivity contribution in [3.8, 4) is 11.5 Å². The molecule has 1 aliphatic heterocycles. The minimum absolute atomic E-state index is 0.263. The van der Waals surface area contributed by atoms with Crippen LogP contribution in [-0.4, -0.2) is 25.1 Å². The van der Waals surface area contributed by atoms with Gasteiger partial charge >= 0.3 is 5.97 Å². The van der Waals surface area contributed by atoms with E-state index in [0.29, 0.717) is 30.3 Å². The zero-order valence-electron chi connectivity index (χ0n) is 15.1. The van der Waals surface area contributed by atoms with Crippen molar-refractivity contribution in [2.75, 3.05) is 13.2 Å². The third-order valence-electron chi connectivity index (χ3n) is 3.89. The van der Waals surface area contributed by atoms with Gasteiger partial charge in [-0.2, -0.15) is 0 Å². The molecule has 5 heteroatoms. The number of hydrogen-bond acceptors (Lipinski definition) is 5. The van der Waals surface area contributed by atoms with Gasteiger partial charge in [0.1, 0.15) is 0 Å². The largest absolute Gasteiger partial charge is 0.490 e. The van der Waals surface area contributed by atoms with E-state index in [1.165, 1.54) is 0 Å². The van der Waals surface area contributed by atoms with Gasteiger partial charge < -0.3 is 14.2 Å². The van der Waals surface area contributed by atoms with Crippen molar-refractivity contribution in [2.24, 2.45) is 4.99 Å². The summed E-state index contributed by atoms with van der Waals surface area (Å²) in [5.74, 6) is 1.05. The van der Waals surface area contributed by atoms with Gasteiger partial charge in [0, 0.05) is 5.56 Å². The van der Waals surface area contributed by atoms with Crippen LogP contribution in [0.1, 0.15) is 30.5 Å². The van der Waals surface area contributed by atoms with Crippen LogP contribution in [0.5, 0.6) is 11.5 Å². The van der Waals surface area contributed by atoms with E-state index in [-0.39, 0.29) is 11.6 Å². The van der Waals surface area contributed by atoms with Crippen LogP contribution in [0.15, 0.2) is 53.2 Å². The van der Waals surface area contributed by atoms with Crippen molar-refractivity contribution in [1.82, 2.24) is 0 Å². The summed E-state index contributed by atoms with van der Waals surface area (Å²) < 4.78 is 16.5. The van der Waals surface area contributed by atoms with E-state index >= 15 is 0 Å². The molecule has 0 unspecified atom stereocenters. The Morgan fingerprint density at radius 2 is 1.77 bits per heavy atom. The quantitative estimate of drug-likeness (QED) is 0.580. The van der Waals surface area contributed by atoms with Crippen LogP contribution in [0.2, 0.25) is 0 Å². The van der Waals surface area contributed by atoms with Crippen LogP contribution >= 0.6 is 0 Å². The van der Waals surface area contributed by atoms with E-state index in [2.05, 4.69) is 4.99 Å². The van der Waals surface area contributed by atoms with Crippen molar-refractivity contribution < 1.29 is 19.0 Å². The van der Waals surface area contributed by atoms with Crippen molar-refractivity contribution >= 4 is 17.9 Å². The van der Waals surface area contributed by atoms with E-state index in [9.17, 15) is 4.79 Å². The van der Waals surface area contributed by atoms with Crippen LogP contribution < -0.4 is 9.47 Å². The average Bonchev–Trinajstić information content (AvgIpc) is 2.99. The monoisotopic (exact) mass is 351 g/mol. The number of ether oxygens (including phenoxy) is 3. The molecule has 0 fully saturated rings. The van der Waals surface area contributed by atoms with Crippen LogP contribution in [-0.2, 0) is 9.53 Å². The van der Waals surface area contributed by atoms with E-state index < -0.39 is 5.97 Å². The molecule has 1 heterocycles. The minimum Gasteiger partial charge on any atom is -0.490 e. The van der Waals surface area contributed by atoms with Crippen molar-refractivity contribution in [1.29, 1.82) is 0 Å². The molecule has 1 aliphatic rings. The first-order valence-electron chi connectivity index (χ1n) is 8.60. The zero-order chi connectivity index (χ0) is 18.5. The molecule has 26 heavy (non-hydrogen) atoms. The molecule has 0 aliphatic carbocycles. The molecule has 0 N–H and O–H groups in total. The van der Waals surface area contributed by atoms with Crippen LogP contribution in [0.25, 0.3) is 6.08 Å². The molecule has 0 saturated carbocycles. The van der Waals surface area contributed by atoms with Crippen molar-refractivity contribution in [3.63, 3.8) is 0 Å². The third kappa shape index (κ3) is 3.77. The first-order valence-corrected chi connectivity index (χ1v) is 8.60. The SMILES string of the molecule is CCOc1ccc(C2=N/C(=C\c3ccccc3C)C(=O)O2)cc1OCC. The summed E-state index contributed by atoms with van der Waals surface area (Å²) in [5.41, 5.74) is 2.95. The number of hydrogen-bond donors (Lipinski definition) is 0. The van der Waals surface area contributed by atoms with Crippen LogP contribution in [0.3, 0.4) is 0 Å². The topological polar surface area (TPSA) is 57.1 Å². The Morgan fingerprint density at radius 3 is 2.50 bits per heavy atom. The predicted molar refractivity (Wildman–Crippen MR) is 101 cm³/mol. The first kappa shape index (κ1) is 17.7. The van der Waals surface area contributed by atoms with Gasteiger partial charge in [0.25, 0.3) is 0 Å². The number of carbonyl (C=O) groups excluding carboxylic acids is 1. The summed E-state index contributed by atoms with van der Waals surface area (Å²) >= 11 is 0. The second-order valence-electron chi connectivity index (χ2n) is 5.72. The maximum Gasteiger partial charge on any atom is 0.363 e. The highest BCUT2D eigenvalue weighted by molar-refractivity contribution is 6.13. The van der Waals surface area contributed by atoms with Crippen molar-refractivity contribution in [3.05, 3.63) is 64.9 Å². The molecular formula is C21H21NO4. The lowest BCUT2D eigenvalue weighted by atomic mass is 10.1. The molecule has 0 radical (unpaired) electrons. The lowest BCUT2D eigenvalue weighted by molar-refractivity contribution is -0.129. The number of aryl methyl sites for hydroxylation is 1. The first-order chi connectivity index (χ1) is 12.6. The zero-order valence-corrected chi connectivity index (χ0v) is 15.1. The molecule has 2 aromatic carbocycles. The summed E-state index contributed by atoms with van der Waals surface area (Å²) in [4.78, 5) is 16.6. The normalized spacial score (nSPS) is 15.0. The average molecular weight is 351 g/mol. The molecule has 0 bridgehead atoms. The van der Waals surface area contributed by atoms with Gasteiger partial charge in [-0.1, -0.05) is 24.3 Å². The minimum atomic E-state index is -0.463. The smallest absolute Gasteiger partial charge is 0.363 e. The molecule has 0 amide bonds. The Hall–Kier alpha value is -3.08. The molecular weight excluding hydrogens is 330 g/mol. The summed E-state index contributed by atoms with van der Waals surface area (Å²) in [6.07, 6.45) is 1.74. The Balaban J connectivity index is 1.93. The van der Waals surface area contributed by atoms with Crippen molar-refractivity contribution in [2.45, 2.75) is 20.8 Å². The molecule has 0 atom stereocenters. The highest BCUT2D eigenvalue weighted by atomic mass is 16.6. The van der Waals surface area contributed by atoms with Gasteiger partial charge in [0.2, 0.25) is 5.90 Å². The van der Waals surface area contributed by atoms with Crippen LogP contribution in [0, 0.1) is 6.92 Å². The molecule has 134 valence electrons. The standard InChI is InChI=1S/C21H21NO4/c1-4-24-18-11-10-16(13-19(18)25-5-2)20-22-17(21(23)26-20)12-15-9-7-6-8-14(15)3/h6-13H,4-5H2,1-3H3/b17-12-. The number of benzene rings is 2. The molecule has 0 spiro atoms. The number of aliphatic imine (C=N–C) groups is 1. The van der Waals surface area contributed by atoms with Gasteiger partial charge in [0.15, 0.2) is 17.2 Å². The Labute approximate surface area is 152 Å². The summed E-state index contributed by atoms with van der Waals surface area (Å²) in [5, 5.41) is 0. The fraction of sp³-hybridized carbons (Fsp3) is 0.238. The van der Waals surface area contributed by atoms with Gasteiger partial charge in [-0.15, -0.1) is 0 Å². The fourth-order valence-corrected chi connectivity index (χ4v) is 2.61. The van der Waals surface area contributed by atoms with Gasteiger partial charge in [-0.25, -0.2) is 9.79 Å². The van der Waals surface area contributed by atoms with Gasteiger partial charge in [0.05, 0.1) is 13.2 Å². The lowest BCUT2D eigenvalue weighted by Crippen LogP contribution is -2.06. The second kappa shape index (κ2) is 7.87. The second-order valence-corrected chi connectivity index (χ2v) is 5.72. The van der Waals surface area contributed by atoms with E-state index in [0.717, 1.165) is 11.1 Å². The molecule has 2 aromatic rings. The van der Waals surface area contributed by atoms with E-state index in [1.807, 2.05) is 45.0 Å². The fourth-order valence-electron chi connectivity index (χ4n) is 2.61. The molecule has 3 rings (SSSR count). The van der Waals surface area contributed by atoms with Gasteiger partial charge in [-0.3, -0.25) is 0 Å². The molecule has 0 saturated heterocycles. The van der Waals surface area contributed by atoms with E-state index in [1.54, 1.807) is 24.3 Å². The highest BCUT2D eigenvalue weighted by Crippen LogP contribution is 2.30. The predicted octanol–water partition coefficient (Wildman–Crippen LogP) is 4.14. The Bertz CT molecular complexity index is 883.